The van der Waals surface area contributed by atoms with Crippen molar-refractivity contribution in [3.8, 4) is 11.5 Å². The first-order valence-corrected chi connectivity index (χ1v) is 5.62. The van der Waals surface area contributed by atoms with Crippen LogP contribution in [-0.2, 0) is 6.42 Å². The zero-order valence-corrected chi connectivity index (χ0v) is 10.7. The van der Waals surface area contributed by atoms with Gasteiger partial charge in [0.1, 0.15) is 0 Å². The number of hydrogen-bond acceptors (Lipinski definition) is 3. The SMILES string of the molecule is COc1cc(Cl)cc(CCCN(C)C)c1O. The highest BCUT2D eigenvalue weighted by molar-refractivity contribution is 6.30. The molecule has 0 spiro atoms. The van der Waals surface area contributed by atoms with Crippen LogP contribution in [0.3, 0.4) is 0 Å². The predicted octanol–water partition coefficient (Wildman–Crippen LogP) is 2.55. The highest BCUT2D eigenvalue weighted by Crippen LogP contribution is 2.33. The lowest BCUT2D eigenvalue weighted by molar-refractivity contribution is 0.367. The Morgan fingerprint density at radius 3 is 2.62 bits per heavy atom. The first-order chi connectivity index (χ1) is 7.54. The fourth-order valence-corrected chi connectivity index (χ4v) is 1.79. The molecule has 0 aromatic heterocycles. The van der Waals surface area contributed by atoms with Crippen molar-refractivity contribution in [2.24, 2.45) is 0 Å². The number of methoxy groups -OCH3 is 1. The highest BCUT2D eigenvalue weighted by atomic mass is 35.5. The standard InChI is InChI=1S/C12H18ClNO2/c1-14(2)6-4-5-9-7-10(13)8-11(16-3)12(9)15/h7-8,15H,4-6H2,1-3H3. The molecule has 0 saturated heterocycles. The monoisotopic (exact) mass is 243 g/mol. The molecule has 4 heteroatoms. The van der Waals surface area contributed by atoms with Crippen LogP contribution in [0.15, 0.2) is 12.1 Å². The second kappa shape index (κ2) is 5.97. The number of rotatable bonds is 5. The number of aromatic hydroxyl groups is 1. The average Bonchev–Trinajstić information content (AvgIpc) is 2.22. The van der Waals surface area contributed by atoms with E-state index in [1.54, 1.807) is 12.1 Å². The van der Waals surface area contributed by atoms with E-state index in [1.807, 2.05) is 14.1 Å². The lowest BCUT2D eigenvalue weighted by Gasteiger charge is -2.12. The van der Waals surface area contributed by atoms with Crippen LogP contribution in [-0.4, -0.2) is 37.8 Å². The van der Waals surface area contributed by atoms with Crippen LogP contribution in [0.1, 0.15) is 12.0 Å². The van der Waals surface area contributed by atoms with Gasteiger partial charge in [-0.15, -0.1) is 0 Å². The summed E-state index contributed by atoms with van der Waals surface area (Å²) in [5.41, 5.74) is 0.839. The molecule has 3 nitrogen and oxygen atoms in total. The van der Waals surface area contributed by atoms with E-state index in [0.29, 0.717) is 10.8 Å². The van der Waals surface area contributed by atoms with Gasteiger partial charge in [-0.05, 0) is 45.1 Å². The zero-order chi connectivity index (χ0) is 12.1. The molecule has 1 N–H and O–H groups in total. The molecule has 0 heterocycles. The maximum absolute atomic E-state index is 9.88. The first-order valence-electron chi connectivity index (χ1n) is 5.24. The van der Waals surface area contributed by atoms with Crippen molar-refractivity contribution < 1.29 is 9.84 Å². The maximum Gasteiger partial charge on any atom is 0.162 e. The number of aryl methyl sites for hydroxylation is 1. The average molecular weight is 244 g/mol. The van der Waals surface area contributed by atoms with Crippen molar-refractivity contribution in [2.45, 2.75) is 12.8 Å². The van der Waals surface area contributed by atoms with E-state index in [4.69, 9.17) is 16.3 Å². The van der Waals surface area contributed by atoms with Gasteiger partial charge in [0.25, 0.3) is 0 Å². The number of phenolic OH excluding ortho intramolecular Hbond substituents is 1. The second-order valence-electron chi connectivity index (χ2n) is 4.02. The van der Waals surface area contributed by atoms with Crippen molar-refractivity contribution in [2.75, 3.05) is 27.7 Å². The van der Waals surface area contributed by atoms with E-state index >= 15 is 0 Å². The molecule has 0 bridgehead atoms. The van der Waals surface area contributed by atoms with Gasteiger partial charge in [0.15, 0.2) is 11.5 Å². The quantitative estimate of drug-likeness (QED) is 0.863. The summed E-state index contributed by atoms with van der Waals surface area (Å²) in [6.45, 7) is 0.980. The third kappa shape index (κ3) is 3.58. The summed E-state index contributed by atoms with van der Waals surface area (Å²) in [7, 11) is 5.58. The second-order valence-corrected chi connectivity index (χ2v) is 4.46. The molecule has 90 valence electrons. The minimum atomic E-state index is 0.200. The molecule has 0 aliphatic carbocycles. The number of hydrogen-bond donors (Lipinski definition) is 1. The first kappa shape index (κ1) is 13.1. The molecule has 16 heavy (non-hydrogen) atoms. The Hall–Kier alpha value is -0.930. The molecule has 0 amide bonds. The van der Waals surface area contributed by atoms with Gasteiger partial charge in [0.2, 0.25) is 0 Å². The van der Waals surface area contributed by atoms with Crippen molar-refractivity contribution in [1.29, 1.82) is 0 Å². The normalized spacial score (nSPS) is 10.8. The number of halogens is 1. The lowest BCUT2D eigenvalue weighted by Crippen LogP contribution is -2.13. The zero-order valence-electron chi connectivity index (χ0n) is 9.96. The molecular formula is C12H18ClNO2. The van der Waals surface area contributed by atoms with Gasteiger partial charge in [-0.3, -0.25) is 0 Å². The van der Waals surface area contributed by atoms with E-state index in [-0.39, 0.29) is 5.75 Å². The summed E-state index contributed by atoms with van der Waals surface area (Å²) in [6, 6.07) is 3.40. The lowest BCUT2D eigenvalue weighted by atomic mass is 10.1. The van der Waals surface area contributed by atoms with Crippen molar-refractivity contribution in [1.82, 2.24) is 4.90 Å². The third-order valence-corrected chi connectivity index (χ3v) is 2.61. The molecule has 0 aliphatic rings. The Morgan fingerprint density at radius 1 is 1.38 bits per heavy atom. The molecule has 0 fully saturated rings. The summed E-state index contributed by atoms with van der Waals surface area (Å²) in [5, 5.41) is 10.5. The Bertz CT molecular complexity index is 353. The van der Waals surface area contributed by atoms with E-state index in [0.717, 1.165) is 24.9 Å². The number of phenols is 1. The molecule has 0 unspecified atom stereocenters. The Balaban J connectivity index is 2.75. The molecule has 0 aliphatic heterocycles. The van der Waals surface area contributed by atoms with E-state index in [9.17, 15) is 5.11 Å². The molecule has 1 rings (SSSR count). The molecular weight excluding hydrogens is 226 g/mol. The van der Waals surface area contributed by atoms with Crippen molar-refractivity contribution >= 4 is 11.6 Å². The van der Waals surface area contributed by atoms with Gasteiger partial charge in [-0.25, -0.2) is 0 Å². The number of nitrogens with zero attached hydrogens (tertiary/aromatic N) is 1. The Morgan fingerprint density at radius 2 is 2.06 bits per heavy atom. The van der Waals surface area contributed by atoms with Gasteiger partial charge >= 0.3 is 0 Å². The topological polar surface area (TPSA) is 32.7 Å². The maximum atomic E-state index is 9.88. The van der Waals surface area contributed by atoms with Crippen LogP contribution in [0.5, 0.6) is 11.5 Å². The minimum absolute atomic E-state index is 0.200. The summed E-state index contributed by atoms with van der Waals surface area (Å²) in [4.78, 5) is 2.11. The van der Waals surface area contributed by atoms with Gasteiger partial charge in [-0.1, -0.05) is 11.6 Å². The summed E-state index contributed by atoms with van der Waals surface area (Å²) < 4.78 is 5.05. The van der Waals surface area contributed by atoms with E-state index in [1.165, 1.54) is 7.11 Å². The Labute approximate surface area is 102 Å². The van der Waals surface area contributed by atoms with Crippen LogP contribution >= 0.6 is 11.6 Å². The van der Waals surface area contributed by atoms with Crippen molar-refractivity contribution in [3.05, 3.63) is 22.7 Å². The molecule has 0 radical (unpaired) electrons. The Kier molecular flexibility index (Phi) is 4.90. The highest BCUT2D eigenvalue weighted by Gasteiger charge is 2.09. The van der Waals surface area contributed by atoms with Crippen LogP contribution in [0, 0.1) is 0 Å². The summed E-state index contributed by atoms with van der Waals surface area (Å²) in [6.07, 6.45) is 1.77. The number of benzene rings is 1. The third-order valence-electron chi connectivity index (χ3n) is 2.39. The fourth-order valence-electron chi connectivity index (χ4n) is 1.56. The fraction of sp³-hybridized carbons (Fsp3) is 0.500. The van der Waals surface area contributed by atoms with Crippen LogP contribution in [0.4, 0.5) is 0 Å². The van der Waals surface area contributed by atoms with Crippen LogP contribution in [0.2, 0.25) is 5.02 Å². The van der Waals surface area contributed by atoms with Gasteiger partial charge in [-0.2, -0.15) is 0 Å². The minimum Gasteiger partial charge on any atom is -0.504 e. The van der Waals surface area contributed by atoms with E-state index in [2.05, 4.69) is 4.90 Å². The number of ether oxygens (including phenoxy) is 1. The molecule has 1 aromatic carbocycles. The van der Waals surface area contributed by atoms with E-state index < -0.39 is 0 Å². The summed E-state index contributed by atoms with van der Waals surface area (Å²) in [5.74, 6) is 0.637. The van der Waals surface area contributed by atoms with Gasteiger partial charge in [0.05, 0.1) is 7.11 Å². The summed E-state index contributed by atoms with van der Waals surface area (Å²) >= 11 is 5.94. The molecule has 1 aromatic rings. The van der Waals surface area contributed by atoms with Crippen LogP contribution in [0.25, 0.3) is 0 Å². The van der Waals surface area contributed by atoms with Gasteiger partial charge in [0, 0.05) is 11.1 Å². The van der Waals surface area contributed by atoms with Gasteiger partial charge < -0.3 is 14.7 Å². The van der Waals surface area contributed by atoms with Crippen LogP contribution < -0.4 is 4.74 Å². The van der Waals surface area contributed by atoms with Crippen molar-refractivity contribution in [3.63, 3.8) is 0 Å². The predicted molar refractivity (Wildman–Crippen MR) is 66.5 cm³/mol. The largest absolute Gasteiger partial charge is 0.504 e. The molecule has 0 atom stereocenters. The molecule has 0 saturated carbocycles. The smallest absolute Gasteiger partial charge is 0.162 e.